The van der Waals surface area contributed by atoms with Gasteiger partial charge in [0.25, 0.3) is 5.56 Å². The molecule has 9 nitrogen and oxygen atoms in total. The Morgan fingerprint density at radius 2 is 1.83 bits per heavy atom. The van der Waals surface area contributed by atoms with Crippen molar-refractivity contribution in [3.8, 4) is 11.5 Å². The molecule has 1 aliphatic rings. The summed E-state index contributed by atoms with van der Waals surface area (Å²) in [5, 5.41) is 0. The van der Waals surface area contributed by atoms with Crippen molar-refractivity contribution in [3.05, 3.63) is 84.5 Å². The molecule has 216 valence electrons. The molecule has 10 heteroatoms. The summed E-state index contributed by atoms with van der Waals surface area (Å²) in [6.45, 7) is 9.33. The second-order valence-corrected chi connectivity index (χ2v) is 11.3. The number of nitrogens with zero attached hydrogens (tertiary/aromatic N) is 3. The number of carbonyl (C=O) groups excluding carboxylic acids is 2. The summed E-state index contributed by atoms with van der Waals surface area (Å²) in [6, 6.07) is 12.1. The number of thiazole rings is 1. The minimum atomic E-state index is -0.824. The minimum Gasteiger partial charge on any atom is -0.490 e. The van der Waals surface area contributed by atoms with E-state index in [1.807, 2.05) is 70.1 Å². The van der Waals surface area contributed by atoms with Gasteiger partial charge < -0.3 is 19.1 Å². The molecule has 0 saturated carbocycles. The van der Waals surface area contributed by atoms with Gasteiger partial charge in [-0.2, -0.15) is 0 Å². The number of esters is 2. The number of hydrogen-bond donors (Lipinski definition) is 0. The number of anilines is 1. The zero-order valence-corrected chi connectivity index (χ0v) is 25.2. The van der Waals surface area contributed by atoms with Gasteiger partial charge in [0.1, 0.15) is 0 Å². The van der Waals surface area contributed by atoms with Gasteiger partial charge in [-0.3, -0.25) is 14.2 Å². The topological polar surface area (TPSA) is 99.4 Å². The zero-order chi connectivity index (χ0) is 29.8. The van der Waals surface area contributed by atoms with Crippen LogP contribution in [0.4, 0.5) is 5.69 Å². The Balaban J connectivity index is 1.90. The molecule has 1 aromatic heterocycles. The Morgan fingerprint density at radius 3 is 2.44 bits per heavy atom. The lowest BCUT2D eigenvalue weighted by Gasteiger charge is -2.25. The third-order valence-electron chi connectivity index (χ3n) is 6.33. The molecule has 0 aliphatic carbocycles. The standard InChI is InChI=1S/C31H35N3O6S/c1-8-38-25-16-22(11-14-24(25)40-20(5)35)28-27(30(37)39-17-18(2)3)19(4)32-31-34(28)29(36)26(41-31)15-21-9-12-23(13-10-21)33(6)7/h9-16,18,28H,8,17H2,1-7H3/b26-15-/t28-/m0/s1. The van der Waals surface area contributed by atoms with Gasteiger partial charge in [-0.05, 0) is 61.2 Å². The van der Waals surface area contributed by atoms with Crippen molar-refractivity contribution >= 4 is 35.0 Å². The summed E-state index contributed by atoms with van der Waals surface area (Å²) in [6.07, 6.45) is 1.83. The van der Waals surface area contributed by atoms with E-state index in [1.54, 1.807) is 25.1 Å². The van der Waals surface area contributed by atoms with Gasteiger partial charge in [0.05, 0.1) is 35.1 Å². The molecule has 0 amide bonds. The number of fused-ring (bicyclic) bond motifs is 1. The second kappa shape index (κ2) is 12.6. The molecule has 0 fully saturated rings. The lowest BCUT2D eigenvalue weighted by atomic mass is 9.95. The average molecular weight is 578 g/mol. The zero-order valence-electron chi connectivity index (χ0n) is 24.4. The van der Waals surface area contributed by atoms with Crippen LogP contribution >= 0.6 is 11.3 Å². The fourth-order valence-corrected chi connectivity index (χ4v) is 5.49. The van der Waals surface area contributed by atoms with Crippen LogP contribution < -0.4 is 29.3 Å². The SMILES string of the molecule is CCOc1cc([C@H]2C(C(=O)OCC(C)C)=C(C)N=c3s/c(=C\c4ccc(N(C)C)cc4)c(=O)n32)ccc1OC(C)=O. The molecule has 0 saturated heterocycles. The molecule has 2 aromatic carbocycles. The quantitative estimate of drug-likeness (QED) is 0.282. The lowest BCUT2D eigenvalue weighted by molar-refractivity contribution is -0.140. The number of aromatic nitrogens is 1. The Morgan fingerprint density at radius 1 is 1.12 bits per heavy atom. The number of hydrogen-bond acceptors (Lipinski definition) is 9. The molecular weight excluding hydrogens is 542 g/mol. The maximum Gasteiger partial charge on any atom is 0.338 e. The first kappa shape index (κ1) is 29.8. The number of rotatable bonds is 9. The molecular formula is C31H35N3O6S. The highest BCUT2D eigenvalue weighted by molar-refractivity contribution is 7.07. The van der Waals surface area contributed by atoms with Gasteiger partial charge in [-0.15, -0.1) is 0 Å². The Bertz CT molecular complexity index is 1660. The van der Waals surface area contributed by atoms with Gasteiger partial charge in [0.15, 0.2) is 16.3 Å². The fraction of sp³-hybridized carbons (Fsp3) is 0.355. The van der Waals surface area contributed by atoms with Crippen molar-refractivity contribution in [2.75, 3.05) is 32.2 Å². The summed E-state index contributed by atoms with van der Waals surface area (Å²) < 4.78 is 18.7. The van der Waals surface area contributed by atoms with E-state index < -0.39 is 18.0 Å². The third-order valence-corrected chi connectivity index (χ3v) is 7.32. The molecule has 2 heterocycles. The van der Waals surface area contributed by atoms with Gasteiger partial charge in [0, 0.05) is 26.7 Å². The molecule has 0 radical (unpaired) electrons. The molecule has 4 rings (SSSR count). The molecule has 1 atom stereocenters. The Labute approximate surface area is 243 Å². The lowest BCUT2D eigenvalue weighted by Crippen LogP contribution is -2.40. The van der Waals surface area contributed by atoms with E-state index in [0.29, 0.717) is 33.0 Å². The van der Waals surface area contributed by atoms with Crippen LogP contribution in [-0.4, -0.2) is 43.8 Å². The summed E-state index contributed by atoms with van der Waals surface area (Å²) in [5.41, 5.74) is 2.97. The fourth-order valence-electron chi connectivity index (χ4n) is 4.44. The van der Waals surface area contributed by atoms with Gasteiger partial charge in [-0.1, -0.05) is 43.4 Å². The van der Waals surface area contributed by atoms with Crippen LogP contribution in [0.25, 0.3) is 6.08 Å². The van der Waals surface area contributed by atoms with E-state index in [2.05, 4.69) is 4.99 Å². The number of ether oxygens (including phenoxy) is 3. The molecule has 0 N–H and O–H groups in total. The largest absolute Gasteiger partial charge is 0.490 e. The van der Waals surface area contributed by atoms with Crippen molar-refractivity contribution in [1.29, 1.82) is 0 Å². The highest BCUT2D eigenvalue weighted by Gasteiger charge is 2.34. The smallest absolute Gasteiger partial charge is 0.338 e. The van der Waals surface area contributed by atoms with Crippen molar-refractivity contribution in [1.82, 2.24) is 4.57 Å². The molecule has 1 aliphatic heterocycles. The van der Waals surface area contributed by atoms with Crippen LogP contribution in [0.2, 0.25) is 0 Å². The summed E-state index contributed by atoms with van der Waals surface area (Å²) in [7, 11) is 3.93. The monoisotopic (exact) mass is 577 g/mol. The average Bonchev–Trinajstić information content (AvgIpc) is 3.21. The first-order valence-corrected chi connectivity index (χ1v) is 14.2. The summed E-state index contributed by atoms with van der Waals surface area (Å²) in [4.78, 5) is 46.2. The predicted molar refractivity (Wildman–Crippen MR) is 159 cm³/mol. The van der Waals surface area contributed by atoms with E-state index >= 15 is 0 Å². The normalized spacial score (nSPS) is 14.9. The molecule has 0 bridgehead atoms. The Hall–Kier alpha value is -4.18. The number of carbonyl (C=O) groups is 2. The van der Waals surface area contributed by atoms with E-state index in [9.17, 15) is 14.4 Å². The van der Waals surface area contributed by atoms with E-state index in [1.165, 1.54) is 22.8 Å². The highest BCUT2D eigenvalue weighted by Crippen LogP contribution is 2.36. The molecule has 41 heavy (non-hydrogen) atoms. The van der Waals surface area contributed by atoms with Crippen molar-refractivity contribution in [2.45, 2.75) is 40.7 Å². The van der Waals surface area contributed by atoms with Crippen LogP contribution in [-0.2, 0) is 14.3 Å². The first-order valence-electron chi connectivity index (χ1n) is 13.4. The van der Waals surface area contributed by atoms with Gasteiger partial charge >= 0.3 is 11.9 Å². The van der Waals surface area contributed by atoms with Crippen LogP contribution in [0.15, 0.2) is 63.5 Å². The summed E-state index contributed by atoms with van der Waals surface area (Å²) in [5.74, 6) is -0.320. The first-order chi connectivity index (χ1) is 19.5. The van der Waals surface area contributed by atoms with Gasteiger partial charge in [0.2, 0.25) is 0 Å². The van der Waals surface area contributed by atoms with Crippen LogP contribution in [0.5, 0.6) is 11.5 Å². The van der Waals surface area contributed by atoms with Crippen molar-refractivity contribution in [2.24, 2.45) is 10.9 Å². The maximum absolute atomic E-state index is 13.9. The summed E-state index contributed by atoms with van der Waals surface area (Å²) >= 11 is 1.26. The number of benzene rings is 2. The van der Waals surface area contributed by atoms with E-state index in [-0.39, 0.29) is 29.4 Å². The van der Waals surface area contributed by atoms with Gasteiger partial charge in [-0.25, -0.2) is 9.79 Å². The maximum atomic E-state index is 13.9. The second-order valence-electron chi connectivity index (χ2n) is 10.3. The van der Waals surface area contributed by atoms with Crippen molar-refractivity contribution in [3.63, 3.8) is 0 Å². The number of allylic oxidation sites excluding steroid dienone is 1. The molecule has 0 unspecified atom stereocenters. The van der Waals surface area contributed by atoms with E-state index in [4.69, 9.17) is 14.2 Å². The van der Waals surface area contributed by atoms with Crippen molar-refractivity contribution < 1.29 is 23.8 Å². The van der Waals surface area contributed by atoms with Crippen LogP contribution in [0.1, 0.15) is 51.8 Å². The Kier molecular flexibility index (Phi) is 9.12. The third kappa shape index (κ3) is 6.59. The molecule has 3 aromatic rings. The van der Waals surface area contributed by atoms with Crippen LogP contribution in [0, 0.1) is 5.92 Å². The molecule has 0 spiro atoms. The van der Waals surface area contributed by atoms with E-state index in [0.717, 1.165) is 11.3 Å². The van der Waals surface area contributed by atoms with Crippen LogP contribution in [0.3, 0.4) is 0 Å². The highest BCUT2D eigenvalue weighted by atomic mass is 32.1. The predicted octanol–water partition coefficient (Wildman–Crippen LogP) is 3.82. The minimum absolute atomic E-state index is 0.130.